The lowest BCUT2D eigenvalue weighted by Crippen LogP contribution is -2.41. The second-order valence-corrected chi connectivity index (χ2v) is 7.80. The Kier molecular flexibility index (Phi) is 3.92. The number of hydrogen-bond acceptors (Lipinski definition) is 4. The lowest BCUT2D eigenvalue weighted by Gasteiger charge is -2.10. The maximum absolute atomic E-state index is 13.0. The first kappa shape index (κ1) is 17.0. The highest BCUT2D eigenvalue weighted by molar-refractivity contribution is 6.03. The number of aromatic nitrogens is 4. The SMILES string of the molecule is O=C(Nc1nc2c([nH]1)c(=O)n(CC1CC1)c(=O)n2CC1CC1)c1ccccc1. The third-order valence-corrected chi connectivity index (χ3v) is 5.40. The summed E-state index contributed by atoms with van der Waals surface area (Å²) < 4.78 is 2.91. The molecule has 2 saturated carbocycles. The van der Waals surface area contributed by atoms with Gasteiger partial charge in [0.15, 0.2) is 11.2 Å². The second kappa shape index (κ2) is 6.47. The fourth-order valence-electron chi connectivity index (χ4n) is 3.44. The van der Waals surface area contributed by atoms with E-state index < -0.39 is 0 Å². The first-order chi connectivity index (χ1) is 13.6. The molecule has 5 rings (SSSR count). The predicted octanol–water partition coefficient (Wildman–Crippen LogP) is 1.96. The molecule has 0 unspecified atom stereocenters. The van der Waals surface area contributed by atoms with Crippen LogP contribution in [0.5, 0.6) is 0 Å². The fraction of sp³-hybridized carbons (Fsp3) is 0.400. The molecule has 144 valence electrons. The van der Waals surface area contributed by atoms with Gasteiger partial charge in [0.05, 0.1) is 0 Å². The minimum atomic E-state index is -0.369. The van der Waals surface area contributed by atoms with Crippen LogP contribution in [-0.4, -0.2) is 25.0 Å². The number of fused-ring (bicyclic) bond motifs is 1. The Balaban J connectivity index is 1.57. The van der Waals surface area contributed by atoms with Crippen LogP contribution in [0.4, 0.5) is 5.95 Å². The number of nitrogens with zero attached hydrogens (tertiary/aromatic N) is 3. The van der Waals surface area contributed by atoms with Crippen LogP contribution in [0.2, 0.25) is 0 Å². The number of amides is 1. The Bertz CT molecular complexity index is 1170. The topological polar surface area (TPSA) is 102 Å². The lowest BCUT2D eigenvalue weighted by atomic mass is 10.2. The van der Waals surface area contributed by atoms with Crippen LogP contribution < -0.4 is 16.6 Å². The van der Waals surface area contributed by atoms with Crippen LogP contribution in [0.3, 0.4) is 0 Å². The molecule has 2 N–H and O–H groups in total. The first-order valence-electron chi connectivity index (χ1n) is 9.70. The van der Waals surface area contributed by atoms with Crippen molar-refractivity contribution < 1.29 is 4.79 Å². The summed E-state index contributed by atoms with van der Waals surface area (Å²) in [6, 6.07) is 8.78. The number of benzene rings is 1. The van der Waals surface area contributed by atoms with Crippen molar-refractivity contribution in [3.05, 3.63) is 56.7 Å². The average molecular weight is 379 g/mol. The Labute approximate surface area is 160 Å². The largest absolute Gasteiger partial charge is 0.332 e. The van der Waals surface area contributed by atoms with Gasteiger partial charge in [0.2, 0.25) is 5.95 Å². The van der Waals surface area contributed by atoms with Gasteiger partial charge in [0.1, 0.15) is 0 Å². The fourth-order valence-corrected chi connectivity index (χ4v) is 3.44. The van der Waals surface area contributed by atoms with E-state index in [0.717, 1.165) is 25.7 Å². The molecule has 8 heteroatoms. The molecule has 0 bridgehead atoms. The van der Waals surface area contributed by atoms with Gasteiger partial charge in [-0.2, -0.15) is 4.98 Å². The van der Waals surface area contributed by atoms with Crippen molar-refractivity contribution >= 4 is 23.0 Å². The predicted molar refractivity (Wildman–Crippen MR) is 104 cm³/mol. The molecular weight excluding hydrogens is 358 g/mol. The Morgan fingerprint density at radius 1 is 1.04 bits per heavy atom. The molecule has 2 aliphatic rings. The van der Waals surface area contributed by atoms with Gasteiger partial charge in [-0.3, -0.25) is 24.0 Å². The maximum Gasteiger partial charge on any atom is 0.332 e. The van der Waals surface area contributed by atoms with Crippen molar-refractivity contribution in [1.29, 1.82) is 0 Å². The van der Waals surface area contributed by atoms with Crippen LogP contribution in [0, 0.1) is 11.8 Å². The van der Waals surface area contributed by atoms with Crippen LogP contribution in [-0.2, 0) is 13.1 Å². The molecule has 0 spiro atoms. The van der Waals surface area contributed by atoms with Gasteiger partial charge >= 0.3 is 5.69 Å². The minimum Gasteiger partial charge on any atom is -0.318 e. The number of hydrogen-bond donors (Lipinski definition) is 2. The van der Waals surface area contributed by atoms with Crippen LogP contribution in [0.25, 0.3) is 11.2 Å². The summed E-state index contributed by atoms with van der Waals surface area (Å²) in [6.45, 7) is 1.00. The summed E-state index contributed by atoms with van der Waals surface area (Å²) in [5, 5.41) is 2.69. The van der Waals surface area contributed by atoms with Gasteiger partial charge in [0.25, 0.3) is 11.5 Å². The van der Waals surface area contributed by atoms with E-state index in [2.05, 4.69) is 15.3 Å². The molecule has 2 aromatic heterocycles. The van der Waals surface area contributed by atoms with Crippen molar-refractivity contribution in [1.82, 2.24) is 19.1 Å². The van der Waals surface area contributed by atoms with E-state index in [1.165, 1.54) is 4.57 Å². The van der Waals surface area contributed by atoms with E-state index in [1.54, 1.807) is 28.8 Å². The summed E-state index contributed by atoms with van der Waals surface area (Å²) in [6.07, 6.45) is 4.26. The van der Waals surface area contributed by atoms with E-state index in [4.69, 9.17) is 0 Å². The number of carbonyl (C=O) groups is 1. The molecule has 2 fully saturated rings. The molecule has 2 aliphatic carbocycles. The summed E-state index contributed by atoms with van der Waals surface area (Å²) in [4.78, 5) is 45.6. The zero-order chi connectivity index (χ0) is 19.3. The Morgan fingerprint density at radius 2 is 1.68 bits per heavy atom. The standard InChI is InChI=1S/C20H21N5O3/c26-17(14-4-2-1-3-5-14)23-19-21-15-16(22-19)24(10-12-6-7-12)20(28)25(18(15)27)11-13-8-9-13/h1-5,12-13H,6-11H2,(H2,21,22,23,26). The van der Waals surface area contributed by atoms with E-state index >= 15 is 0 Å². The molecule has 1 aromatic carbocycles. The van der Waals surface area contributed by atoms with Gasteiger partial charge < -0.3 is 4.98 Å². The molecule has 28 heavy (non-hydrogen) atoms. The van der Waals surface area contributed by atoms with Gasteiger partial charge in [-0.05, 0) is 49.7 Å². The van der Waals surface area contributed by atoms with Gasteiger partial charge in [-0.15, -0.1) is 0 Å². The zero-order valence-electron chi connectivity index (χ0n) is 15.4. The third-order valence-electron chi connectivity index (χ3n) is 5.40. The molecule has 0 aliphatic heterocycles. The smallest absolute Gasteiger partial charge is 0.318 e. The molecule has 0 atom stereocenters. The monoisotopic (exact) mass is 379 g/mol. The number of aromatic amines is 1. The number of anilines is 1. The van der Waals surface area contributed by atoms with Crippen molar-refractivity contribution in [2.75, 3.05) is 5.32 Å². The number of imidazole rings is 1. The molecule has 1 amide bonds. The number of nitrogens with one attached hydrogen (secondary N) is 2. The first-order valence-corrected chi connectivity index (χ1v) is 9.70. The Morgan fingerprint density at radius 3 is 2.32 bits per heavy atom. The van der Waals surface area contributed by atoms with Crippen LogP contribution in [0.1, 0.15) is 36.0 Å². The van der Waals surface area contributed by atoms with Gasteiger partial charge in [0, 0.05) is 18.7 Å². The molecular formula is C20H21N5O3. The highest BCUT2D eigenvalue weighted by Gasteiger charge is 2.28. The number of H-pyrrole nitrogens is 1. The molecule has 3 aromatic rings. The lowest BCUT2D eigenvalue weighted by molar-refractivity contribution is 0.102. The normalized spacial score (nSPS) is 16.4. The highest BCUT2D eigenvalue weighted by atomic mass is 16.2. The summed E-state index contributed by atoms with van der Waals surface area (Å²) in [5.41, 5.74) is 0.404. The van der Waals surface area contributed by atoms with E-state index in [0.29, 0.717) is 36.1 Å². The van der Waals surface area contributed by atoms with Gasteiger partial charge in [-0.25, -0.2) is 4.79 Å². The van der Waals surface area contributed by atoms with Crippen molar-refractivity contribution in [3.8, 4) is 0 Å². The van der Waals surface area contributed by atoms with E-state index in [9.17, 15) is 14.4 Å². The van der Waals surface area contributed by atoms with Gasteiger partial charge in [-0.1, -0.05) is 18.2 Å². The second-order valence-electron chi connectivity index (χ2n) is 7.80. The van der Waals surface area contributed by atoms with Crippen molar-refractivity contribution in [2.24, 2.45) is 11.8 Å². The molecule has 0 radical (unpaired) electrons. The zero-order valence-corrected chi connectivity index (χ0v) is 15.4. The van der Waals surface area contributed by atoms with Crippen molar-refractivity contribution in [3.63, 3.8) is 0 Å². The maximum atomic E-state index is 13.0. The quantitative estimate of drug-likeness (QED) is 0.683. The van der Waals surface area contributed by atoms with E-state index in [-0.39, 0.29) is 28.6 Å². The average Bonchev–Trinajstić information content (AvgIpc) is 3.63. The summed E-state index contributed by atoms with van der Waals surface area (Å²) in [7, 11) is 0. The third kappa shape index (κ3) is 3.15. The van der Waals surface area contributed by atoms with E-state index in [1.807, 2.05) is 6.07 Å². The number of rotatable bonds is 6. The van der Waals surface area contributed by atoms with Crippen LogP contribution in [0.15, 0.2) is 39.9 Å². The molecule has 0 saturated heterocycles. The summed E-state index contributed by atoms with van der Waals surface area (Å²) >= 11 is 0. The Hall–Kier alpha value is -3.16. The molecule has 2 heterocycles. The number of carbonyl (C=O) groups excluding carboxylic acids is 1. The highest BCUT2D eigenvalue weighted by Crippen LogP contribution is 2.31. The molecule has 8 nitrogen and oxygen atoms in total. The summed E-state index contributed by atoms with van der Waals surface area (Å²) in [5.74, 6) is 0.701. The van der Waals surface area contributed by atoms with Crippen molar-refractivity contribution in [2.45, 2.75) is 38.8 Å². The van der Waals surface area contributed by atoms with Crippen LogP contribution >= 0.6 is 0 Å². The minimum absolute atomic E-state index is 0.175.